The minimum atomic E-state index is -4.25. The molecule has 3 aromatic rings. The predicted molar refractivity (Wildman–Crippen MR) is 112 cm³/mol. The first-order chi connectivity index (χ1) is 14.3. The van der Waals surface area contributed by atoms with E-state index in [1.165, 1.54) is 31.2 Å². The van der Waals surface area contributed by atoms with Crippen molar-refractivity contribution in [2.75, 3.05) is 11.8 Å². The monoisotopic (exact) mass is 432 g/mol. The highest BCUT2D eigenvalue weighted by atomic mass is 32.2. The number of hydrazine groups is 1. The Bertz CT molecular complexity index is 1200. The Labute approximate surface area is 173 Å². The lowest BCUT2D eigenvalue weighted by Crippen LogP contribution is -2.24. The van der Waals surface area contributed by atoms with Crippen LogP contribution in [0, 0.1) is 12.7 Å². The Morgan fingerprint density at radius 3 is 2.83 bits per heavy atom. The van der Waals surface area contributed by atoms with Crippen molar-refractivity contribution in [1.82, 2.24) is 10.2 Å². The van der Waals surface area contributed by atoms with Gasteiger partial charge in [0, 0.05) is 6.20 Å². The summed E-state index contributed by atoms with van der Waals surface area (Å²) < 4.78 is 52.7. The van der Waals surface area contributed by atoms with Gasteiger partial charge in [0.2, 0.25) is 0 Å². The van der Waals surface area contributed by atoms with Crippen LogP contribution >= 0.6 is 0 Å². The molecule has 0 bridgehead atoms. The molecule has 2 aromatic carbocycles. The zero-order valence-corrected chi connectivity index (χ0v) is 17.2. The summed E-state index contributed by atoms with van der Waals surface area (Å²) in [5, 5.41) is 5.55. The molecule has 10 heteroatoms. The fourth-order valence-corrected chi connectivity index (χ4v) is 4.29. The number of rotatable bonds is 8. The van der Waals surface area contributed by atoms with Gasteiger partial charge in [0.05, 0.1) is 13.7 Å². The van der Waals surface area contributed by atoms with Crippen LogP contribution in [0.5, 0.6) is 5.75 Å². The number of fused-ring (bicyclic) bond motifs is 1. The number of anilines is 1. The number of hydrogen-bond donors (Lipinski definition) is 2. The molecule has 0 saturated carbocycles. The Kier molecular flexibility index (Phi) is 6.09. The van der Waals surface area contributed by atoms with E-state index in [2.05, 4.69) is 16.5 Å². The third-order valence-electron chi connectivity index (χ3n) is 4.26. The number of benzene rings is 2. The number of aryl methyl sites for hydroxylation is 1. The van der Waals surface area contributed by atoms with E-state index in [9.17, 15) is 12.8 Å². The topological polar surface area (TPSA) is 111 Å². The summed E-state index contributed by atoms with van der Waals surface area (Å²) in [7, 11) is -2.82. The summed E-state index contributed by atoms with van der Waals surface area (Å²) in [6.45, 7) is 5.41. The molecule has 1 heterocycles. The molecule has 0 aliphatic rings. The normalized spacial score (nSPS) is 11.7. The maximum atomic E-state index is 14.2. The van der Waals surface area contributed by atoms with Crippen LogP contribution in [0.2, 0.25) is 0 Å². The number of allylic oxidation sites excluding steroid dienone is 2. The van der Waals surface area contributed by atoms with Gasteiger partial charge < -0.3 is 14.3 Å². The zero-order chi connectivity index (χ0) is 21.9. The molecule has 0 spiro atoms. The van der Waals surface area contributed by atoms with Gasteiger partial charge in [-0.2, -0.15) is 0 Å². The van der Waals surface area contributed by atoms with Gasteiger partial charge >= 0.3 is 0 Å². The third-order valence-corrected chi connectivity index (χ3v) is 5.78. The third kappa shape index (κ3) is 4.29. The Hall–Kier alpha value is -3.37. The molecule has 0 amide bonds. The average molecular weight is 432 g/mol. The van der Waals surface area contributed by atoms with E-state index < -0.39 is 20.7 Å². The molecule has 3 rings (SSSR count). The van der Waals surface area contributed by atoms with Crippen LogP contribution in [0.25, 0.3) is 11.0 Å². The number of nitrogens with two attached hydrogens (primary N) is 1. The van der Waals surface area contributed by atoms with E-state index in [4.69, 9.17) is 15.1 Å². The molecule has 3 N–H and O–H groups in total. The summed E-state index contributed by atoms with van der Waals surface area (Å²) in [4.78, 5) is -0.454. The summed E-state index contributed by atoms with van der Waals surface area (Å²) in [5.41, 5.74) is 1.29. The van der Waals surface area contributed by atoms with E-state index in [1.54, 1.807) is 30.5 Å². The minimum absolute atomic E-state index is 0.104. The molecule has 0 aliphatic heterocycles. The largest absolute Gasteiger partial charge is 0.496 e. The second-order valence-corrected chi connectivity index (χ2v) is 8.06. The highest BCUT2D eigenvalue weighted by Crippen LogP contribution is 2.35. The quantitative estimate of drug-likeness (QED) is 0.319. The maximum Gasteiger partial charge on any atom is 0.266 e. The number of aromatic nitrogens is 1. The predicted octanol–water partition coefficient (Wildman–Crippen LogP) is 3.46. The van der Waals surface area contributed by atoms with Gasteiger partial charge in [-0.15, -0.1) is 0 Å². The van der Waals surface area contributed by atoms with Crippen molar-refractivity contribution in [3.63, 3.8) is 0 Å². The van der Waals surface area contributed by atoms with E-state index in [0.29, 0.717) is 17.7 Å². The molecule has 30 heavy (non-hydrogen) atoms. The van der Waals surface area contributed by atoms with Gasteiger partial charge in [0.1, 0.15) is 21.8 Å². The fraction of sp³-hybridized carbons (Fsp3) is 0.150. The van der Waals surface area contributed by atoms with Gasteiger partial charge in [-0.25, -0.2) is 18.7 Å². The molecule has 8 nitrogen and oxygen atoms in total. The Morgan fingerprint density at radius 1 is 1.40 bits per heavy atom. The van der Waals surface area contributed by atoms with Crippen molar-refractivity contribution in [2.24, 2.45) is 5.84 Å². The first-order valence-electron chi connectivity index (χ1n) is 8.81. The second-order valence-electron chi connectivity index (χ2n) is 6.44. The van der Waals surface area contributed by atoms with Crippen molar-refractivity contribution < 1.29 is 22.1 Å². The number of hydrogen-bond acceptors (Lipinski definition) is 7. The molecular formula is C20H21FN4O4S. The molecule has 1 aromatic heterocycles. The van der Waals surface area contributed by atoms with E-state index in [-0.39, 0.29) is 17.0 Å². The van der Waals surface area contributed by atoms with Gasteiger partial charge in [-0.05, 0) is 42.3 Å². The fourth-order valence-electron chi connectivity index (χ4n) is 2.98. The maximum absolute atomic E-state index is 14.2. The summed E-state index contributed by atoms with van der Waals surface area (Å²) in [5.74, 6) is 5.25. The van der Waals surface area contributed by atoms with Crippen LogP contribution in [-0.4, -0.2) is 25.7 Å². The number of nitrogens with zero attached hydrogens (tertiary/aromatic N) is 2. The molecule has 0 fully saturated rings. The van der Waals surface area contributed by atoms with Crippen molar-refractivity contribution in [2.45, 2.75) is 18.4 Å². The molecule has 0 atom stereocenters. The van der Waals surface area contributed by atoms with E-state index in [0.717, 1.165) is 11.6 Å². The standard InChI is InChI=1S/C20H21FN4O4S/c1-4-5-9-25(22)12-14-10-16(28-3)18-17(11-14)29-23-20(18)24-30(26,27)19-13(2)7-6-8-15(19)21/h4-11H,1,12,22H2,2-3H3,(H,23,24)/b9-5-. The minimum Gasteiger partial charge on any atom is -0.496 e. The van der Waals surface area contributed by atoms with Gasteiger partial charge in [0.25, 0.3) is 10.0 Å². The van der Waals surface area contributed by atoms with Crippen LogP contribution in [0.4, 0.5) is 10.2 Å². The van der Waals surface area contributed by atoms with Crippen LogP contribution in [0.3, 0.4) is 0 Å². The lowest BCUT2D eigenvalue weighted by atomic mass is 10.1. The lowest BCUT2D eigenvalue weighted by molar-refractivity contribution is 0.383. The van der Waals surface area contributed by atoms with Crippen molar-refractivity contribution >= 4 is 26.8 Å². The van der Waals surface area contributed by atoms with E-state index >= 15 is 0 Å². The number of methoxy groups -OCH3 is 1. The highest BCUT2D eigenvalue weighted by Gasteiger charge is 2.25. The number of ether oxygens (including phenoxy) is 1. The molecule has 0 unspecified atom stereocenters. The lowest BCUT2D eigenvalue weighted by Gasteiger charge is -2.14. The molecular weight excluding hydrogens is 411 g/mol. The average Bonchev–Trinajstić information content (AvgIpc) is 3.07. The van der Waals surface area contributed by atoms with Crippen LogP contribution in [0.1, 0.15) is 11.1 Å². The first-order valence-corrected chi connectivity index (χ1v) is 10.3. The smallest absolute Gasteiger partial charge is 0.266 e. The zero-order valence-electron chi connectivity index (χ0n) is 16.4. The summed E-state index contributed by atoms with van der Waals surface area (Å²) in [6.07, 6.45) is 4.91. The number of halogens is 1. The highest BCUT2D eigenvalue weighted by molar-refractivity contribution is 7.92. The number of sulfonamides is 1. The second kappa shape index (κ2) is 8.56. The molecule has 158 valence electrons. The van der Waals surface area contributed by atoms with Gasteiger partial charge in [0.15, 0.2) is 11.4 Å². The van der Waals surface area contributed by atoms with Crippen molar-refractivity contribution in [3.05, 3.63) is 72.2 Å². The molecule has 0 aliphatic carbocycles. The summed E-state index contributed by atoms with van der Waals surface area (Å²) in [6, 6.07) is 7.37. The summed E-state index contributed by atoms with van der Waals surface area (Å²) >= 11 is 0. The SMILES string of the molecule is C=C/C=C\N(N)Cc1cc(OC)c2c(NS(=O)(=O)c3c(C)cccc3F)noc2c1. The van der Waals surface area contributed by atoms with Crippen LogP contribution in [0.15, 0.2) is 64.7 Å². The molecule has 0 saturated heterocycles. The molecule has 0 radical (unpaired) electrons. The van der Waals surface area contributed by atoms with E-state index in [1.807, 2.05) is 0 Å². The first kappa shape index (κ1) is 21.3. The Balaban J connectivity index is 2.00. The van der Waals surface area contributed by atoms with Crippen LogP contribution < -0.4 is 15.3 Å². The Morgan fingerprint density at radius 2 is 2.17 bits per heavy atom. The number of nitrogens with one attached hydrogen (secondary N) is 1. The van der Waals surface area contributed by atoms with Crippen molar-refractivity contribution in [1.29, 1.82) is 0 Å². The van der Waals surface area contributed by atoms with Crippen LogP contribution in [-0.2, 0) is 16.6 Å². The van der Waals surface area contributed by atoms with Gasteiger partial charge in [-0.3, -0.25) is 4.72 Å². The van der Waals surface area contributed by atoms with Gasteiger partial charge in [-0.1, -0.05) is 29.9 Å². The van der Waals surface area contributed by atoms with Crippen molar-refractivity contribution in [3.8, 4) is 5.75 Å².